The fourth-order valence-electron chi connectivity index (χ4n) is 3.19. The lowest BCUT2D eigenvalue weighted by atomic mass is 10.2. The van der Waals surface area contributed by atoms with E-state index in [0.29, 0.717) is 0 Å². The molecule has 0 heterocycles. The Balaban J connectivity index is 4.23. The number of hydrogen-bond donors (Lipinski definition) is 0. The maximum Gasteiger partial charge on any atom is 0.0594 e. The Bertz CT molecular complexity index is 159. The van der Waals surface area contributed by atoms with E-state index in [1.807, 2.05) is 0 Å². The predicted molar refractivity (Wildman–Crippen MR) is 90.6 cm³/mol. The molecule has 0 aromatic heterocycles. The monoisotopic (exact) mass is 273 g/mol. The van der Waals surface area contributed by atoms with E-state index in [0.717, 1.165) is 0 Å². The van der Waals surface area contributed by atoms with Crippen LogP contribution in [0.25, 0.3) is 0 Å². The van der Waals surface area contributed by atoms with Crippen LogP contribution < -0.4 is 0 Å². The molecule has 0 N–H and O–H groups in total. The zero-order chi connectivity index (χ0) is 13.7. The molecule has 0 aromatic rings. The van der Waals surface area contributed by atoms with Gasteiger partial charge in [0.05, 0.1) is 24.6 Å². The van der Waals surface area contributed by atoms with Crippen LogP contribution in [0.15, 0.2) is 0 Å². The smallest absolute Gasteiger partial charge is 0.0594 e. The van der Waals surface area contributed by atoms with Crippen molar-refractivity contribution in [3.05, 3.63) is 0 Å². The second kappa shape index (κ2) is 12.5. The first-order valence-corrected chi connectivity index (χ1v) is 11.1. The highest BCUT2D eigenvalue weighted by atomic mass is 31.2. The molecule has 0 saturated heterocycles. The summed E-state index contributed by atoms with van der Waals surface area (Å²) >= 11 is 0. The maximum absolute atomic E-state index is 2.40. The van der Waals surface area contributed by atoms with Crippen LogP contribution >= 0.6 is 7.26 Å². The molecule has 0 unspecified atom stereocenters. The van der Waals surface area contributed by atoms with Crippen LogP contribution in [0, 0.1) is 0 Å². The molecule has 0 aromatic carbocycles. The van der Waals surface area contributed by atoms with Crippen LogP contribution in [0.3, 0.4) is 0 Å². The van der Waals surface area contributed by atoms with Crippen molar-refractivity contribution in [2.24, 2.45) is 0 Å². The molecule has 0 saturated carbocycles. The maximum atomic E-state index is 2.40. The van der Waals surface area contributed by atoms with E-state index in [9.17, 15) is 0 Å². The van der Waals surface area contributed by atoms with Crippen molar-refractivity contribution in [2.75, 3.05) is 24.6 Å². The first kappa shape index (κ1) is 18.4. The number of rotatable bonds is 13. The normalized spacial score (nSPS) is 12.0. The predicted octanol–water partition coefficient (Wildman–Crippen LogP) is 6.59. The first-order valence-electron chi connectivity index (χ1n) is 8.59. The highest BCUT2D eigenvalue weighted by Crippen LogP contribution is 2.60. The van der Waals surface area contributed by atoms with E-state index in [1.54, 1.807) is 24.6 Å². The van der Waals surface area contributed by atoms with Gasteiger partial charge in [-0.15, -0.1) is 0 Å². The molecule has 18 heavy (non-hydrogen) atoms. The Morgan fingerprint density at radius 3 is 1.33 bits per heavy atom. The van der Waals surface area contributed by atoms with Gasteiger partial charge in [-0.3, -0.25) is 0 Å². The summed E-state index contributed by atoms with van der Waals surface area (Å²) < 4.78 is 0. The summed E-state index contributed by atoms with van der Waals surface area (Å²) in [5.41, 5.74) is 0. The van der Waals surface area contributed by atoms with Crippen LogP contribution in [-0.2, 0) is 0 Å². The highest BCUT2D eigenvalue weighted by Gasteiger charge is 2.33. The van der Waals surface area contributed by atoms with E-state index >= 15 is 0 Å². The van der Waals surface area contributed by atoms with E-state index < -0.39 is 7.26 Å². The molecule has 1 heteroatoms. The van der Waals surface area contributed by atoms with Crippen molar-refractivity contribution in [3.63, 3.8) is 0 Å². The summed E-state index contributed by atoms with van der Waals surface area (Å²) in [6.45, 7) is 9.45. The topological polar surface area (TPSA) is 0 Å². The molecular formula is C17H38P+. The van der Waals surface area contributed by atoms with E-state index in [2.05, 4.69) is 27.7 Å². The average molecular weight is 273 g/mol. The third-order valence-electron chi connectivity index (χ3n) is 4.12. The standard InChI is InChI=1S/C17H38P/c1-5-9-11-13-17-18(14-7-3,15-8-4)16-12-10-6-2/h5-17H2,1-4H3/q+1. The molecule has 0 aliphatic rings. The lowest BCUT2D eigenvalue weighted by Crippen LogP contribution is -2.12. The second-order valence-electron chi connectivity index (χ2n) is 6.00. The minimum Gasteiger partial charge on any atom is -0.0654 e. The molecular weight excluding hydrogens is 235 g/mol. The third-order valence-corrected chi connectivity index (χ3v) is 9.44. The van der Waals surface area contributed by atoms with Gasteiger partial charge in [0.1, 0.15) is 0 Å². The minimum absolute atomic E-state index is 0.566. The Kier molecular flexibility index (Phi) is 12.8. The SMILES string of the molecule is CCCCCC[P+](CCC)(CCC)CCCCC. The quantitative estimate of drug-likeness (QED) is 0.262. The Morgan fingerprint density at radius 1 is 0.444 bits per heavy atom. The molecule has 0 fully saturated rings. The van der Waals surface area contributed by atoms with Crippen LogP contribution in [0.5, 0.6) is 0 Å². The first-order chi connectivity index (χ1) is 8.74. The van der Waals surface area contributed by atoms with Gasteiger partial charge in [-0.05, 0) is 32.1 Å². The molecule has 0 amide bonds. The van der Waals surface area contributed by atoms with Crippen LogP contribution in [0.4, 0.5) is 0 Å². The van der Waals surface area contributed by atoms with Gasteiger partial charge in [0.2, 0.25) is 0 Å². The van der Waals surface area contributed by atoms with Gasteiger partial charge in [0.15, 0.2) is 0 Å². The van der Waals surface area contributed by atoms with Gasteiger partial charge in [-0.1, -0.05) is 53.4 Å². The van der Waals surface area contributed by atoms with Gasteiger partial charge in [-0.2, -0.15) is 0 Å². The van der Waals surface area contributed by atoms with Crippen molar-refractivity contribution < 1.29 is 0 Å². The van der Waals surface area contributed by atoms with Gasteiger partial charge < -0.3 is 0 Å². The van der Waals surface area contributed by atoms with Gasteiger partial charge in [0, 0.05) is 7.26 Å². The van der Waals surface area contributed by atoms with E-state index in [1.165, 1.54) is 57.8 Å². The van der Waals surface area contributed by atoms with E-state index in [-0.39, 0.29) is 0 Å². The summed E-state index contributed by atoms with van der Waals surface area (Å²) in [5, 5.41) is 0. The van der Waals surface area contributed by atoms with Crippen molar-refractivity contribution in [1.82, 2.24) is 0 Å². The van der Waals surface area contributed by atoms with Crippen LogP contribution in [-0.4, -0.2) is 24.6 Å². The van der Waals surface area contributed by atoms with Gasteiger partial charge >= 0.3 is 0 Å². The lowest BCUT2D eigenvalue weighted by molar-refractivity contribution is 0.699. The molecule has 0 rings (SSSR count). The lowest BCUT2D eigenvalue weighted by Gasteiger charge is -2.27. The minimum atomic E-state index is -0.566. The van der Waals surface area contributed by atoms with Crippen molar-refractivity contribution in [3.8, 4) is 0 Å². The van der Waals surface area contributed by atoms with Crippen molar-refractivity contribution >= 4 is 7.26 Å². The largest absolute Gasteiger partial charge is 0.0654 e. The van der Waals surface area contributed by atoms with E-state index in [4.69, 9.17) is 0 Å². The Morgan fingerprint density at radius 2 is 0.889 bits per heavy atom. The molecule has 0 spiro atoms. The fraction of sp³-hybridized carbons (Fsp3) is 1.00. The molecule has 0 aliphatic heterocycles. The summed E-state index contributed by atoms with van der Waals surface area (Å²) in [4.78, 5) is 0. The Labute approximate surface area is 118 Å². The van der Waals surface area contributed by atoms with Crippen molar-refractivity contribution in [1.29, 1.82) is 0 Å². The molecule has 0 atom stereocenters. The molecule has 0 radical (unpaired) electrons. The molecule has 0 aliphatic carbocycles. The summed E-state index contributed by atoms with van der Waals surface area (Å²) in [6.07, 6.45) is 19.4. The van der Waals surface area contributed by atoms with Gasteiger partial charge in [-0.25, -0.2) is 0 Å². The zero-order valence-electron chi connectivity index (χ0n) is 13.6. The Hall–Kier alpha value is 0.430. The van der Waals surface area contributed by atoms with Gasteiger partial charge in [0.25, 0.3) is 0 Å². The molecule has 0 nitrogen and oxygen atoms in total. The summed E-state index contributed by atoms with van der Waals surface area (Å²) in [6, 6.07) is 0. The number of hydrogen-bond acceptors (Lipinski definition) is 0. The van der Waals surface area contributed by atoms with Crippen molar-refractivity contribution in [2.45, 2.75) is 85.5 Å². The molecule has 0 bridgehead atoms. The average Bonchev–Trinajstić information content (AvgIpc) is 2.36. The number of unbranched alkanes of at least 4 members (excludes halogenated alkanes) is 5. The zero-order valence-corrected chi connectivity index (χ0v) is 14.5. The third kappa shape index (κ3) is 8.52. The summed E-state index contributed by atoms with van der Waals surface area (Å²) in [5.74, 6) is 0. The van der Waals surface area contributed by atoms with Crippen LogP contribution in [0.1, 0.15) is 85.5 Å². The second-order valence-corrected chi connectivity index (χ2v) is 10.5. The molecule has 110 valence electrons. The van der Waals surface area contributed by atoms with Crippen LogP contribution in [0.2, 0.25) is 0 Å². The highest BCUT2D eigenvalue weighted by molar-refractivity contribution is 7.75. The summed E-state index contributed by atoms with van der Waals surface area (Å²) in [7, 11) is -0.566. The fourth-order valence-corrected chi connectivity index (χ4v) is 8.22.